The molecular formula is C27H28N4O7. The summed E-state index contributed by atoms with van der Waals surface area (Å²) in [5.74, 6) is -0.0761. The number of ether oxygens (including phenoxy) is 4. The van der Waals surface area contributed by atoms with Crippen molar-refractivity contribution in [1.82, 2.24) is 10.2 Å². The number of anilines is 1. The first-order valence-corrected chi connectivity index (χ1v) is 11.8. The maximum absolute atomic E-state index is 12.6. The number of aromatic nitrogens is 2. The molecule has 0 fully saturated rings. The zero-order valence-corrected chi connectivity index (χ0v) is 21.0. The van der Waals surface area contributed by atoms with Crippen molar-refractivity contribution in [2.45, 2.75) is 30.8 Å². The van der Waals surface area contributed by atoms with Crippen LogP contribution in [0.3, 0.4) is 0 Å². The maximum Gasteiger partial charge on any atom is 0.310 e. The van der Waals surface area contributed by atoms with E-state index >= 15 is 0 Å². The summed E-state index contributed by atoms with van der Waals surface area (Å²) in [5, 5.41) is 30.8. The molecule has 2 aromatic carbocycles. The van der Waals surface area contributed by atoms with Gasteiger partial charge in [0.25, 0.3) is 5.56 Å². The molecule has 0 radical (unpaired) electrons. The van der Waals surface area contributed by atoms with Crippen LogP contribution in [0, 0.1) is 11.3 Å². The van der Waals surface area contributed by atoms with Crippen LogP contribution in [0.15, 0.2) is 59.4 Å². The molecule has 1 atom stereocenters. The first-order valence-electron chi connectivity index (χ1n) is 11.8. The summed E-state index contributed by atoms with van der Waals surface area (Å²) in [6.07, 6.45) is -0.303. The molecule has 1 aromatic heterocycles. The fraction of sp³-hybridized carbons (Fsp3) is 0.333. The zero-order chi connectivity index (χ0) is 27.2. The van der Waals surface area contributed by atoms with Crippen LogP contribution in [0.4, 0.5) is 5.82 Å². The third kappa shape index (κ3) is 5.68. The Labute approximate surface area is 218 Å². The fourth-order valence-corrected chi connectivity index (χ4v) is 4.41. The Balaban J connectivity index is 1.65. The number of nitriles is 1. The molecule has 1 aliphatic rings. The van der Waals surface area contributed by atoms with E-state index < -0.39 is 22.9 Å². The van der Waals surface area contributed by atoms with Gasteiger partial charge >= 0.3 is 5.97 Å². The van der Waals surface area contributed by atoms with Crippen molar-refractivity contribution in [3.8, 4) is 11.8 Å². The summed E-state index contributed by atoms with van der Waals surface area (Å²) in [5.41, 5.74) is -1.90. The lowest BCUT2D eigenvalue weighted by Crippen LogP contribution is -2.70. The molecule has 3 N–H and O–H groups in total. The molecule has 2 heterocycles. The Morgan fingerprint density at radius 1 is 1.18 bits per heavy atom. The lowest BCUT2D eigenvalue weighted by Gasteiger charge is -2.49. The molecule has 0 saturated heterocycles. The number of fused-ring (bicyclic) bond motifs is 1. The van der Waals surface area contributed by atoms with Gasteiger partial charge in [-0.2, -0.15) is 10.4 Å². The number of esters is 1. The van der Waals surface area contributed by atoms with Gasteiger partial charge in [-0.3, -0.25) is 9.59 Å². The number of aromatic amines is 1. The summed E-state index contributed by atoms with van der Waals surface area (Å²) in [7, 11) is 2.92. The molecular weight excluding hydrogens is 492 g/mol. The van der Waals surface area contributed by atoms with E-state index in [-0.39, 0.29) is 44.0 Å². The normalized spacial score (nSPS) is 17.5. The van der Waals surface area contributed by atoms with Gasteiger partial charge in [-0.05, 0) is 23.8 Å². The Kier molecular flexibility index (Phi) is 8.07. The minimum Gasteiger partial charge on any atom is -0.477 e. The van der Waals surface area contributed by atoms with E-state index in [1.165, 1.54) is 20.3 Å². The molecule has 0 unspecified atom stereocenters. The van der Waals surface area contributed by atoms with Crippen LogP contribution in [-0.4, -0.2) is 60.0 Å². The van der Waals surface area contributed by atoms with Crippen molar-refractivity contribution in [2.75, 3.05) is 32.8 Å². The Morgan fingerprint density at radius 3 is 2.61 bits per heavy atom. The molecule has 0 aliphatic carbocycles. The van der Waals surface area contributed by atoms with Gasteiger partial charge in [0.05, 0.1) is 31.3 Å². The second-order valence-corrected chi connectivity index (χ2v) is 8.99. The summed E-state index contributed by atoms with van der Waals surface area (Å²) in [4.78, 5) is 24.7. The maximum atomic E-state index is 12.6. The molecule has 0 spiro atoms. The zero-order valence-electron chi connectivity index (χ0n) is 21.0. The Bertz CT molecular complexity index is 1380. The van der Waals surface area contributed by atoms with Gasteiger partial charge < -0.3 is 29.4 Å². The van der Waals surface area contributed by atoms with Gasteiger partial charge in [0, 0.05) is 37.8 Å². The molecule has 1 aliphatic heterocycles. The van der Waals surface area contributed by atoms with Crippen molar-refractivity contribution >= 4 is 11.8 Å². The molecule has 11 heteroatoms. The Morgan fingerprint density at radius 2 is 1.92 bits per heavy atom. The number of benzene rings is 2. The highest BCUT2D eigenvalue weighted by Crippen LogP contribution is 2.41. The summed E-state index contributed by atoms with van der Waals surface area (Å²) >= 11 is 0. The van der Waals surface area contributed by atoms with E-state index in [1.807, 2.05) is 30.3 Å². The molecule has 0 amide bonds. The van der Waals surface area contributed by atoms with Crippen LogP contribution in [0.1, 0.15) is 22.3 Å². The van der Waals surface area contributed by atoms with Crippen molar-refractivity contribution < 1.29 is 28.8 Å². The summed E-state index contributed by atoms with van der Waals surface area (Å²) in [6, 6.07) is 17.4. The quantitative estimate of drug-likeness (QED) is 0.266. The number of aliphatic hydroxyl groups is 1. The van der Waals surface area contributed by atoms with E-state index in [1.54, 1.807) is 18.2 Å². The second kappa shape index (κ2) is 11.4. The van der Waals surface area contributed by atoms with Crippen LogP contribution in [-0.2, 0) is 38.5 Å². The fourth-order valence-electron chi connectivity index (χ4n) is 4.41. The molecule has 198 valence electrons. The number of methoxy groups -OCH3 is 2. The molecule has 4 rings (SSSR count). The van der Waals surface area contributed by atoms with Crippen LogP contribution < -0.4 is 15.6 Å². The molecule has 3 aromatic rings. The second-order valence-electron chi connectivity index (χ2n) is 8.99. The minimum absolute atomic E-state index is 0.0245. The first-order chi connectivity index (χ1) is 18.3. The topological polar surface area (TPSA) is 156 Å². The molecule has 0 bridgehead atoms. The number of carbonyl (C=O) groups excluding carboxylic acids is 1. The number of hydrogen-bond acceptors (Lipinski definition) is 10. The van der Waals surface area contributed by atoms with Crippen LogP contribution in [0.25, 0.3) is 0 Å². The van der Waals surface area contributed by atoms with Gasteiger partial charge in [-0.25, -0.2) is 5.10 Å². The van der Waals surface area contributed by atoms with Crippen molar-refractivity contribution in [2.24, 2.45) is 0 Å². The van der Waals surface area contributed by atoms with Gasteiger partial charge in [-0.15, -0.1) is 0 Å². The predicted molar refractivity (Wildman–Crippen MR) is 135 cm³/mol. The smallest absolute Gasteiger partial charge is 0.310 e. The lowest BCUT2D eigenvalue weighted by molar-refractivity contribution is -0.180. The largest absolute Gasteiger partial charge is 0.477 e. The highest BCUT2D eigenvalue weighted by Gasteiger charge is 2.57. The lowest BCUT2D eigenvalue weighted by atomic mass is 9.82. The number of H-pyrrole nitrogens is 1. The molecule has 11 nitrogen and oxygen atoms in total. The van der Waals surface area contributed by atoms with Crippen molar-refractivity contribution in [1.29, 1.82) is 5.26 Å². The highest BCUT2D eigenvalue weighted by molar-refractivity contribution is 5.74. The number of carbonyl (C=O) groups is 1. The highest BCUT2D eigenvalue weighted by atomic mass is 16.6. The van der Waals surface area contributed by atoms with Crippen LogP contribution >= 0.6 is 0 Å². The van der Waals surface area contributed by atoms with Gasteiger partial charge in [0.2, 0.25) is 5.60 Å². The van der Waals surface area contributed by atoms with Crippen molar-refractivity contribution in [3.05, 3.63) is 87.2 Å². The van der Waals surface area contributed by atoms with Gasteiger partial charge in [0.15, 0.2) is 11.5 Å². The van der Waals surface area contributed by atoms with Gasteiger partial charge in [-0.1, -0.05) is 30.3 Å². The average molecular weight is 521 g/mol. The van der Waals surface area contributed by atoms with Gasteiger partial charge in [0.1, 0.15) is 12.4 Å². The molecule has 0 saturated carbocycles. The summed E-state index contributed by atoms with van der Waals surface area (Å²) < 4.78 is 22.4. The first kappa shape index (κ1) is 26.8. The van der Waals surface area contributed by atoms with Crippen LogP contribution in [0.5, 0.6) is 5.75 Å². The third-order valence-corrected chi connectivity index (χ3v) is 6.24. The van der Waals surface area contributed by atoms with E-state index in [2.05, 4.69) is 21.6 Å². The van der Waals surface area contributed by atoms with Crippen molar-refractivity contribution in [3.63, 3.8) is 0 Å². The SMILES string of the molecule is COCC1(COC)Oc2ccc(C#N)cc2C[C@@]1(O)Nc1n[nH]c(=O)cc1CC(=O)OCc1ccccc1. The number of nitrogens with zero attached hydrogens (tertiary/aromatic N) is 2. The van der Waals surface area contributed by atoms with E-state index in [0.29, 0.717) is 16.9 Å². The molecule has 38 heavy (non-hydrogen) atoms. The van der Waals surface area contributed by atoms with Crippen LogP contribution in [0.2, 0.25) is 0 Å². The predicted octanol–water partition coefficient (Wildman–Crippen LogP) is 1.69. The summed E-state index contributed by atoms with van der Waals surface area (Å²) in [6.45, 7) is -0.0944. The third-order valence-electron chi connectivity index (χ3n) is 6.24. The average Bonchev–Trinajstić information content (AvgIpc) is 2.90. The standard InChI is InChI=1S/C27H28N4O7/c1-35-16-26(17-36-2)27(34,13-21-10-19(14-28)8-9-22(21)38-26)29-25-20(11-23(32)30-31-25)12-24(33)37-15-18-6-4-3-5-7-18/h3-11,34H,12-13,15-17H2,1-2H3,(H,29,31)(H,30,32)/t27-/m0/s1. The number of hydrogen-bond donors (Lipinski definition) is 3. The number of rotatable bonds is 10. The van der Waals surface area contributed by atoms with E-state index in [9.17, 15) is 20.0 Å². The number of nitrogens with one attached hydrogen (secondary N) is 2. The monoisotopic (exact) mass is 520 g/mol. The van der Waals surface area contributed by atoms with E-state index in [0.717, 1.165) is 5.56 Å². The van der Waals surface area contributed by atoms with E-state index in [4.69, 9.17) is 18.9 Å². The minimum atomic E-state index is -1.89. The Hall–Kier alpha value is -4.24.